The van der Waals surface area contributed by atoms with Crippen molar-refractivity contribution in [1.29, 1.82) is 0 Å². The second kappa shape index (κ2) is 35.3. The number of hydrogen-bond acceptors (Lipinski definition) is 7. The highest BCUT2D eigenvalue weighted by molar-refractivity contribution is 7.57. The molecule has 0 aromatic rings. The van der Waals surface area contributed by atoms with Crippen molar-refractivity contribution in [3.05, 3.63) is 24.3 Å². The van der Waals surface area contributed by atoms with E-state index in [1.165, 1.54) is 89.9 Å². The van der Waals surface area contributed by atoms with E-state index < -0.39 is 13.7 Å². The SMILES string of the molecule is C=P([O-])(OCC[N+](C)(C)C)OCC(COC(=O)CCCCCCCCCCCCCCC)OC(=O)CCCCCCCC=CCC=CCCCCC. The summed E-state index contributed by atoms with van der Waals surface area (Å²) in [4.78, 5) is 38.0. The third-order valence-corrected chi connectivity index (χ3v) is 10.2. The van der Waals surface area contributed by atoms with Gasteiger partial charge < -0.3 is 27.9 Å². The number of likely N-dealkylation sites (N-methyl/N-ethyl adjacent to an activating group) is 1. The highest BCUT2D eigenvalue weighted by Crippen LogP contribution is 2.37. The minimum atomic E-state index is -3.62. The lowest BCUT2D eigenvalue weighted by atomic mass is 10.0. The fraction of sp³-hybridized carbons (Fsp3) is 0.837. The molecular formula is C43H82NO7P. The Labute approximate surface area is 321 Å². The Bertz CT molecular complexity index is 946. The first-order chi connectivity index (χ1) is 25.0. The molecule has 52 heavy (non-hydrogen) atoms. The number of nitrogens with zero attached hydrogens (tertiary/aromatic N) is 1. The number of ether oxygens (including phenoxy) is 2. The third-order valence-electron chi connectivity index (χ3n) is 9.05. The zero-order valence-electron chi connectivity index (χ0n) is 34.6. The van der Waals surface area contributed by atoms with Crippen LogP contribution in [0, 0.1) is 0 Å². The molecule has 0 saturated heterocycles. The van der Waals surface area contributed by atoms with E-state index in [0.717, 1.165) is 64.2 Å². The summed E-state index contributed by atoms with van der Waals surface area (Å²) in [5, 5.41) is 0. The molecule has 0 bridgehead atoms. The van der Waals surface area contributed by atoms with Gasteiger partial charge >= 0.3 is 11.9 Å². The van der Waals surface area contributed by atoms with Gasteiger partial charge in [-0.25, -0.2) is 0 Å². The summed E-state index contributed by atoms with van der Waals surface area (Å²) in [6.07, 6.45) is 40.7. The van der Waals surface area contributed by atoms with Crippen LogP contribution in [0.5, 0.6) is 0 Å². The van der Waals surface area contributed by atoms with E-state index in [1.54, 1.807) is 0 Å². The van der Waals surface area contributed by atoms with Crippen LogP contribution in [0.15, 0.2) is 24.3 Å². The number of esters is 2. The first-order valence-electron chi connectivity index (χ1n) is 21.2. The lowest BCUT2D eigenvalue weighted by molar-refractivity contribution is -0.870. The zero-order chi connectivity index (χ0) is 38.6. The Morgan fingerprint density at radius 3 is 1.58 bits per heavy atom. The molecule has 0 aliphatic carbocycles. The van der Waals surface area contributed by atoms with Gasteiger partial charge in [0, 0.05) is 20.4 Å². The van der Waals surface area contributed by atoms with Crippen molar-refractivity contribution >= 4 is 25.8 Å². The van der Waals surface area contributed by atoms with Crippen LogP contribution in [-0.4, -0.2) is 76.3 Å². The molecule has 306 valence electrons. The van der Waals surface area contributed by atoms with Gasteiger partial charge in [-0.2, -0.15) is 0 Å². The van der Waals surface area contributed by atoms with Crippen LogP contribution in [0.1, 0.15) is 181 Å². The quantitative estimate of drug-likeness (QED) is 0.0204. The van der Waals surface area contributed by atoms with Gasteiger partial charge in [0.2, 0.25) is 0 Å². The van der Waals surface area contributed by atoms with E-state index in [4.69, 9.17) is 18.5 Å². The number of quaternary nitrogens is 1. The van der Waals surface area contributed by atoms with E-state index in [0.29, 0.717) is 17.4 Å². The number of carbonyl (C=O) groups excluding carboxylic acids is 2. The highest BCUT2D eigenvalue weighted by atomic mass is 31.2. The Morgan fingerprint density at radius 1 is 0.615 bits per heavy atom. The van der Waals surface area contributed by atoms with E-state index >= 15 is 0 Å². The molecule has 0 N–H and O–H groups in total. The summed E-state index contributed by atoms with van der Waals surface area (Å²) < 4.78 is 22.7. The predicted octanol–water partition coefficient (Wildman–Crippen LogP) is 11.0. The Kier molecular flexibility index (Phi) is 34.3. The van der Waals surface area contributed by atoms with Crippen molar-refractivity contribution < 1.29 is 37.5 Å². The zero-order valence-corrected chi connectivity index (χ0v) is 35.5. The molecule has 0 amide bonds. The minimum absolute atomic E-state index is 0.149. The van der Waals surface area contributed by atoms with Gasteiger partial charge in [0.25, 0.3) is 0 Å². The summed E-state index contributed by atoms with van der Waals surface area (Å²) >= 11 is 0. The lowest BCUT2D eigenvalue weighted by Crippen LogP contribution is -2.37. The second-order valence-electron chi connectivity index (χ2n) is 15.5. The summed E-state index contributed by atoms with van der Waals surface area (Å²) in [5.41, 5.74) is 0. The molecule has 0 rings (SSSR count). The molecule has 0 aromatic carbocycles. The molecule has 8 nitrogen and oxygen atoms in total. The largest absolute Gasteiger partial charge is 0.789 e. The van der Waals surface area contributed by atoms with Crippen LogP contribution < -0.4 is 4.89 Å². The van der Waals surface area contributed by atoms with Gasteiger partial charge in [-0.1, -0.05) is 154 Å². The number of rotatable bonds is 38. The molecule has 0 fully saturated rings. The Hall–Kier alpha value is -1.44. The third kappa shape index (κ3) is 38.3. The van der Waals surface area contributed by atoms with Crippen molar-refractivity contribution in [2.24, 2.45) is 0 Å². The van der Waals surface area contributed by atoms with Crippen LogP contribution in [0.25, 0.3) is 0 Å². The predicted molar refractivity (Wildman–Crippen MR) is 219 cm³/mol. The summed E-state index contributed by atoms with van der Waals surface area (Å²) in [6.45, 7) is 4.97. The van der Waals surface area contributed by atoms with E-state index in [-0.39, 0.29) is 38.2 Å². The average molecular weight is 756 g/mol. The topological polar surface area (TPSA) is 94.1 Å². The average Bonchev–Trinajstić information content (AvgIpc) is 3.09. The van der Waals surface area contributed by atoms with Crippen LogP contribution in [0.4, 0.5) is 0 Å². The van der Waals surface area contributed by atoms with Gasteiger partial charge in [-0.3, -0.25) is 9.59 Å². The molecule has 2 atom stereocenters. The molecule has 2 unspecified atom stereocenters. The van der Waals surface area contributed by atoms with Crippen molar-refractivity contribution in [3.8, 4) is 0 Å². The first-order valence-corrected chi connectivity index (χ1v) is 22.9. The monoisotopic (exact) mass is 756 g/mol. The molecule has 0 spiro atoms. The maximum Gasteiger partial charge on any atom is 0.306 e. The Morgan fingerprint density at radius 2 is 1.06 bits per heavy atom. The first kappa shape index (κ1) is 50.6. The van der Waals surface area contributed by atoms with Gasteiger partial charge in [0.15, 0.2) is 6.10 Å². The maximum absolute atomic E-state index is 12.8. The molecule has 0 aromatic heterocycles. The number of allylic oxidation sites excluding steroid dienone is 4. The van der Waals surface area contributed by atoms with Gasteiger partial charge in [0.05, 0.1) is 27.7 Å². The van der Waals surface area contributed by atoms with Crippen molar-refractivity contribution in [3.63, 3.8) is 0 Å². The molecule has 0 radical (unpaired) electrons. The van der Waals surface area contributed by atoms with Gasteiger partial charge in [0.1, 0.15) is 19.8 Å². The van der Waals surface area contributed by atoms with Gasteiger partial charge in [-0.15, -0.1) is 0 Å². The maximum atomic E-state index is 12.8. The van der Waals surface area contributed by atoms with Crippen LogP contribution in [-0.2, 0) is 28.1 Å². The normalized spacial score (nSPS) is 13.9. The fourth-order valence-corrected chi connectivity index (χ4v) is 6.50. The van der Waals surface area contributed by atoms with Crippen molar-refractivity contribution in [2.75, 3.05) is 47.5 Å². The smallest absolute Gasteiger partial charge is 0.306 e. The summed E-state index contributed by atoms with van der Waals surface area (Å²) in [6, 6.07) is 0. The van der Waals surface area contributed by atoms with Crippen LogP contribution >= 0.6 is 7.57 Å². The van der Waals surface area contributed by atoms with E-state index in [9.17, 15) is 14.5 Å². The number of carbonyl (C=O) groups is 2. The highest BCUT2D eigenvalue weighted by Gasteiger charge is 2.19. The van der Waals surface area contributed by atoms with E-state index in [1.807, 2.05) is 21.1 Å². The molecule has 0 saturated carbocycles. The van der Waals surface area contributed by atoms with Crippen molar-refractivity contribution in [2.45, 2.75) is 187 Å². The van der Waals surface area contributed by atoms with E-state index in [2.05, 4.69) is 44.5 Å². The van der Waals surface area contributed by atoms with Crippen LogP contribution in [0.3, 0.4) is 0 Å². The number of unbranched alkanes of at least 4 members (excludes halogenated alkanes) is 20. The molecular weight excluding hydrogens is 673 g/mol. The molecule has 0 aliphatic rings. The Balaban J connectivity index is 4.41. The molecule has 9 heteroatoms. The second-order valence-corrected chi connectivity index (χ2v) is 17.3. The lowest BCUT2D eigenvalue weighted by Gasteiger charge is -2.33. The fourth-order valence-electron chi connectivity index (χ4n) is 5.67. The summed E-state index contributed by atoms with van der Waals surface area (Å²) in [7, 11) is 2.40. The standard InChI is InChI=1S/C43H82NO7P/c1-7-9-11-13-15-17-19-21-22-24-26-28-30-32-34-36-43(46)51-41(40-50-52(6,47)49-38-37-44(3,4)5)39-48-42(45)35-33-31-29-27-25-23-20-18-16-14-12-10-8-2/h15,17,21-22,41H,6-14,16,18-20,23-40H2,1-5H3. The van der Waals surface area contributed by atoms with Crippen molar-refractivity contribution in [1.82, 2.24) is 0 Å². The summed E-state index contributed by atoms with van der Waals surface area (Å²) in [5.74, 6) is -0.702. The van der Waals surface area contributed by atoms with Gasteiger partial charge in [-0.05, 0) is 44.9 Å². The molecule has 0 heterocycles. The number of hydrogen-bond donors (Lipinski definition) is 0. The molecule has 0 aliphatic heterocycles. The minimum Gasteiger partial charge on any atom is -0.789 e. The van der Waals surface area contributed by atoms with Crippen LogP contribution in [0.2, 0.25) is 0 Å².